The van der Waals surface area contributed by atoms with E-state index < -0.39 is 35.6 Å². The maximum absolute atomic E-state index is 13.9. The number of benzene rings is 3. The zero-order chi connectivity index (χ0) is 29.9. The molecule has 0 aliphatic carbocycles. The van der Waals surface area contributed by atoms with Gasteiger partial charge in [-0.25, -0.2) is 15.2 Å². The molecular formula is C29H28F3N5O4S. The lowest BCUT2D eigenvalue weighted by Gasteiger charge is -2.52. The first kappa shape index (κ1) is 29.3. The molecule has 3 aromatic rings. The number of phenols is 1. The molecule has 5 rings (SSSR count). The van der Waals surface area contributed by atoms with E-state index in [0.29, 0.717) is 11.1 Å². The largest absolute Gasteiger partial charge is 0.508 e. The molecule has 3 N–H and O–H groups in total. The molecule has 0 spiro atoms. The van der Waals surface area contributed by atoms with Crippen LogP contribution in [-0.4, -0.2) is 68.6 Å². The van der Waals surface area contributed by atoms with Crippen molar-refractivity contribution in [1.82, 2.24) is 25.6 Å². The quantitative estimate of drug-likeness (QED) is 0.357. The second-order valence-corrected chi connectivity index (χ2v) is 11.0. The van der Waals surface area contributed by atoms with Crippen LogP contribution in [0.3, 0.4) is 0 Å². The lowest BCUT2D eigenvalue weighted by molar-refractivity contribution is -0.170. The third-order valence-electron chi connectivity index (χ3n) is 7.05. The van der Waals surface area contributed by atoms with Gasteiger partial charge < -0.3 is 20.2 Å². The summed E-state index contributed by atoms with van der Waals surface area (Å²) in [6, 6.07) is 19.8. The number of hydrogen-bond donors (Lipinski definition) is 3. The van der Waals surface area contributed by atoms with Crippen LogP contribution in [0.25, 0.3) is 0 Å². The standard InChI is InChI=1S/C29H28F3N5O4S/c30-29(31,32)42-24-9-5-4-8-21(24)17-35-18-25-36(23(27(35)40)14-19-10-12-22(38)13-11-19)26(39)16-34-37(25)28(41)33-15-20-6-2-1-3-7-20/h1-13,23,25,34,38H,14-18H2,(H,33,41)/t23-,25?/m0/s1. The molecular weight excluding hydrogens is 571 g/mol. The minimum absolute atomic E-state index is 0.0338. The number of hydrogen-bond acceptors (Lipinski definition) is 6. The van der Waals surface area contributed by atoms with Crippen LogP contribution in [-0.2, 0) is 29.1 Å². The van der Waals surface area contributed by atoms with E-state index in [0.717, 1.165) is 5.56 Å². The summed E-state index contributed by atoms with van der Waals surface area (Å²) < 4.78 is 39.8. The number of hydrazine groups is 1. The monoisotopic (exact) mass is 599 g/mol. The van der Waals surface area contributed by atoms with Gasteiger partial charge in [-0.1, -0.05) is 60.7 Å². The number of rotatable bonds is 7. The minimum atomic E-state index is -4.52. The van der Waals surface area contributed by atoms with Gasteiger partial charge in [0.2, 0.25) is 11.8 Å². The Morgan fingerprint density at radius 3 is 2.38 bits per heavy atom. The average Bonchev–Trinajstić information content (AvgIpc) is 2.96. The Labute approximate surface area is 244 Å². The van der Waals surface area contributed by atoms with E-state index in [1.54, 1.807) is 18.2 Å². The number of carbonyl (C=O) groups is 3. The molecule has 1 unspecified atom stereocenters. The van der Waals surface area contributed by atoms with Crippen molar-refractivity contribution >= 4 is 29.6 Å². The van der Waals surface area contributed by atoms with E-state index >= 15 is 0 Å². The number of urea groups is 1. The second kappa shape index (κ2) is 12.3. The predicted octanol–water partition coefficient (Wildman–Crippen LogP) is 3.84. The van der Waals surface area contributed by atoms with Crippen LogP contribution in [0.5, 0.6) is 5.75 Å². The molecule has 0 radical (unpaired) electrons. The maximum Gasteiger partial charge on any atom is 0.446 e. The molecule has 13 heteroatoms. The predicted molar refractivity (Wildman–Crippen MR) is 149 cm³/mol. The molecule has 9 nitrogen and oxygen atoms in total. The number of fused-ring (bicyclic) bond motifs is 1. The smallest absolute Gasteiger partial charge is 0.446 e. The van der Waals surface area contributed by atoms with Gasteiger partial charge in [-0.15, -0.1) is 0 Å². The lowest BCUT2D eigenvalue weighted by atomic mass is 9.98. The van der Waals surface area contributed by atoms with Gasteiger partial charge in [0.1, 0.15) is 18.0 Å². The zero-order valence-corrected chi connectivity index (χ0v) is 23.1. The molecule has 2 atom stereocenters. The van der Waals surface area contributed by atoms with E-state index in [-0.39, 0.29) is 55.0 Å². The highest BCUT2D eigenvalue weighted by Crippen LogP contribution is 2.39. The minimum Gasteiger partial charge on any atom is -0.508 e. The van der Waals surface area contributed by atoms with Crippen LogP contribution < -0.4 is 10.7 Å². The summed E-state index contributed by atoms with van der Waals surface area (Å²) >= 11 is -0.258. The fraction of sp³-hybridized carbons (Fsp3) is 0.276. The molecule has 2 aliphatic rings. The van der Waals surface area contributed by atoms with Gasteiger partial charge in [0, 0.05) is 24.4 Å². The Morgan fingerprint density at radius 2 is 1.67 bits per heavy atom. The molecule has 2 saturated heterocycles. The molecule has 3 aromatic carbocycles. The summed E-state index contributed by atoms with van der Waals surface area (Å²) in [6.45, 7) is -0.268. The summed E-state index contributed by atoms with van der Waals surface area (Å²) in [5, 5.41) is 13.8. The highest BCUT2D eigenvalue weighted by Gasteiger charge is 2.49. The first-order valence-electron chi connectivity index (χ1n) is 13.1. The van der Waals surface area contributed by atoms with E-state index in [9.17, 15) is 32.7 Å². The molecule has 4 amide bonds. The number of aromatic hydroxyl groups is 1. The van der Waals surface area contributed by atoms with Crippen LogP contribution in [0.4, 0.5) is 18.0 Å². The summed E-state index contributed by atoms with van der Waals surface area (Å²) in [5.41, 5.74) is 0.135. The number of alkyl halides is 3. The van der Waals surface area contributed by atoms with Crippen molar-refractivity contribution < 1.29 is 32.7 Å². The van der Waals surface area contributed by atoms with Gasteiger partial charge in [-0.05, 0) is 46.7 Å². The van der Waals surface area contributed by atoms with Gasteiger partial charge in [-0.3, -0.25) is 9.59 Å². The summed E-state index contributed by atoms with van der Waals surface area (Å²) in [6.07, 6.45) is -0.847. The van der Waals surface area contributed by atoms with Gasteiger partial charge in [-0.2, -0.15) is 13.2 Å². The van der Waals surface area contributed by atoms with Crippen molar-refractivity contribution in [2.24, 2.45) is 0 Å². The summed E-state index contributed by atoms with van der Waals surface area (Å²) in [7, 11) is 0. The van der Waals surface area contributed by atoms with Crippen molar-refractivity contribution in [2.45, 2.75) is 42.1 Å². The first-order chi connectivity index (χ1) is 20.1. The number of thioether (sulfide) groups is 1. The number of nitrogens with one attached hydrogen (secondary N) is 2. The molecule has 2 fully saturated rings. The second-order valence-electron chi connectivity index (χ2n) is 9.89. The number of nitrogens with zero attached hydrogens (tertiary/aromatic N) is 3. The molecule has 220 valence electrons. The number of piperazine rings is 1. The Kier molecular flexibility index (Phi) is 8.59. The molecule has 42 heavy (non-hydrogen) atoms. The van der Waals surface area contributed by atoms with Gasteiger partial charge in [0.15, 0.2) is 0 Å². The summed E-state index contributed by atoms with van der Waals surface area (Å²) in [4.78, 5) is 43.2. The normalized spacial score (nSPS) is 19.1. The molecule has 0 saturated carbocycles. The Hall–Kier alpha value is -4.23. The van der Waals surface area contributed by atoms with Crippen molar-refractivity contribution in [1.29, 1.82) is 0 Å². The molecule has 0 aromatic heterocycles. The fourth-order valence-corrected chi connectivity index (χ4v) is 5.78. The van der Waals surface area contributed by atoms with Crippen LogP contribution in [0.1, 0.15) is 16.7 Å². The highest BCUT2D eigenvalue weighted by molar-refractivity contribution is 8.00. The van der Waals surface area contributed by atoms with E-state index in [2.05, 4.69) is 10.7 Å². The van der Waals surface area contributed by atoms with Crippen molar-refractivity contribution in [3.8, 4) is 5.75 Å². The van der Waals surface area contributed by atoms with E-state index in [4.69, 9.17) is 0 Å². The third-order valence-corrected chi connectivity index (χ3v) is 7.90. The van der Waals surface area contributed by atoms with E-state index in [1.807, 2.05) is 30.3 Å². The first-order valence-corrected chi connectivity index (χ1v) is 14.0. The summed E-state index contributed by atoms with van der Waals surface area (Å²) in [5.74, 6) is -0.811. The van der Waals surface area contributed by atoms with Gasteiger partial charge >= 0.3 is 11.5 Å². The fourth-order valence-electron chi connectivity index (χ4n) is 5.12. The van der Waals surface area contributed by atoms with Crippen LogP contribution >= 0.6 is 11.8 Å². The van der Waals surface area contributed by atoms with E-state index in [1.165, 1.54) is 45.1 Å². The van der Waals surface area contributed by atoms with Crippen molar-refractivity contribution in [2.75, 3.05) is 13.1 Å². The number of halogens is 3. The Bertz CT molecular complexity index is 1440. The number of phenolic OH excluding ortho intramolecular Hbond substituents is 1. The number of amides is 4. The average molecular weight is 600 g/mol. The number of carbonyl (C=O) groups excluding carboxylic acids is 3. The molecule has 2 aliphatic heterocycles. The molecule has 0 bridgehead atoms. The zero-order valence-electron chi connectivity index (χ0n) is 22.3. The third kappa shape index (κ3) is 6.80. The van der Waals surface area contributed by atoms with Crippen molar-refractivity contribution in [3.05, 3.63) is 95.6 Å². The highest BCUT2D eigenvalue weighted by atomic mass is 32.2. The van der Waals surface area contributed by atoms with Crippen LogP contribution in [0.2, 0.25) is 0 Å². The Morgan fingerprint density at radius 1 is 0.976 bits per heavy atom. The van der Waals surface area contributed by atoms with Gasteiger partial charge in [0.25, 0.3) is 0 Å². The molecule has 2 heterocycles. The van der Waals surface area contributed by atoms with Crippen LogP contribution in [0, 0.1) is 0 Å². The lowest BCUT2D eigenvalue weighted by Crippen LogP contribution is -2.76. The maximum atomic E-state index is 13.9. The van der Waals surface area contributed by atoms with Crippen LogP contribution in [0.15, 0.2) is 83.8 Å². The van der Waals surface area contributed by atoms with Crippen molar-refractivity contribution in [3.63, 3.8) is 0 Å². The SMILES string of the molecule is O=C1[C@H](Cc2ccc(O)cc2)N2C(=O)CNN(C(=O)NCc3ccccc3)C2CN1Cc1ccccc1SC(F)(F)F. The topological polar surface area (TPSA) is 105 Å². The Balaban J connectivity index is 1.45. The van der Waals surface area contributed by atoms with Gasteiger partial charge in [0.05, 0.1) is 13.1 Å².